The lowest BCUT2D eigenvalue weighted by Crippen LogP contribution is -2.18. The molecule has 1 heterocycles. The van der Waals surface area contributed by atoms with Gasteiger partial charge in [0.2, 0.25) is 0 Å². The lowest BCUT2D eigenvalue weighted by Gasteiger charge is -2.11. The molecular weight excluding hydrogens is 386 g/mol. The number of ether oxygens (including phenoxy) is 1. The SMILES string of the molecule is COc1cccc(NC(=S)Nc2ccc(-c3nc4ccc(C)cc4s3)cc2)c1. The van der Waals surface area contributed by atoms with Crippen molar-refractivity contribution in [2.45, 2.75) is 6.92 Å². The minimum Gasteiger partial charge on any atom is -0.497 e. The highest BCUT2D eigenvalue weighted by atomic mass is 32.1. The Morgan fingerprint density at radius 3 is 2.54 bits per heavy atom. The third-order valence-electron chi connectivity index (χ3n) is 4.26. The average molecular weight is 406 g/mol. The Hall–Kier alpha value is -2.96. The molecule has 0 radical (unpaired) electrons. The van der Waals surface area contributed by atoms with Gasteiger partial charge in [0.05, 0.1) is 17.3 Å². The molecule has 2 N–H and O–H groups in total. The quantitative estimate of drug-likeness (QED) is 0.402. The number of fused-ring (bicyclic) bond motifs is 1. The number of hydrogen-bond donors (Lipinski definition) is 2. The average Bonchev–Trinajstić information content (AvgIpc) is 3.11. The minimum absolute atomic E-state index is 0.525. The van der Waals surface area contributed by atoms with Gasteiger partial charge in [-0.15, -0.1) is 11.3 Å². The second-order valence-electron chi connectivity index (χ2n) is 6.38. The van der Waals surface area contributed by atoms with Crippen molar-refractivity contribution in [3.05, 3.63) is 72.3 Å². The molecule has 6 heteroatoms. The van der Waals surface area contributed by atoms with Crippen LogP contribution in [0.2, 0.25) is 0 Å². The molecule has 0 saturated carbocycles. The third-order valence-corrected chi connectivity index (χ3v) is 5.53. The number of aromatic nitrogens is 1. The van der Waals surface area contributed by atoms with Crippen LogP contribution >= 0.6 is 23.6 Å². The summed E-state index contributed by atoms with van der Waals surface area (Å²) in [6.45, 7) is 2.10. The van der Waals surface area contributed by atoms with E-state index in [0.29, 0.717) is 5.11 Å². The number of nitrogens with one attached hydrogen (secondary N) is 2. The van der Waals surface area contributed by atoms with E-state index in [-0.39, 0.29) is 0 Å². The van der Waals surface area contributed by atoms with E-state index in [9.17, 15) is 0 Å². The van der Waals surface area contributed by atoms with Gasteiger partial charge in [-0.1, -0.05) is 12.1 Å². The number of anilines is 2. The number of thiazole rings is 1. The van der Waals surface area contributed by atoms with Crippen LogP contribution < -0.4 is 15.4 Å². The molecule has 28 heavy (non-hydrogen) atoms. The molecule has 0 unspecified atom stereocenters. The molecule has 4 nitrogen and oxygen atoms in total. The summed E-state index contributed by atoms with van der Waals surface area (Å²) in [6.07, 6.45) is 0. The van der Waals surface area contributed by atoms with Crippen molar-refractivity contribution in [2.75, 3.05) is 17.7 Å². The van der Waals surface area contributed by atoms with E-state index >= 15 is 0 Å². The molecule has 4 rings (SSSR count). The van der Waals surface area contributed by atoms with Crippen LogP contribution in [0.15, 0.2) is 66.7 Å². The monoisotopic (exact) mass is 405 g/mol. The van der Waals surface area contributed by atoms with E-state index in [1.807, 2.05) is 36.4 Å². The summed E-state index contributed by atoms with van der Waals surface area (Å²) < 4.78 is 6.44. The molecule has 1 aromatic heterocycles. The smallest absolute Gasteiger partial charge is 0.175 e. The number of aryl methyl sites for hydroxylation is 1. The normalized spacial score (nSPS) is 10.6. The van der Waals surface area contributed by atoms with E-state index < -0.39 is 0 Å². The predicted molar refractivity (Wildman–Crippen MR) is 123 cm³/mol. The maximum absolute atomic E-state index is 5.41. The van der Waals surface area contributed by atoms with Crippen LogP contribution in [-0.4, -0.2) is 17.2 Å². The van der Waals surface area contributed by atoms with Gasteiger partial charge in [-0.25, -0.2) is 4.98 Å². The molecule has 0 bridgehead atoms. The second kappa shape index (κ2) is 7.96. The van der Waals surface area contributed by atoms with Crippen molar-refractivity contribution >= 4 is 50.3 Å². The Labute approximate surface area is 173 Å². The van der Waals surface area contributed by atoms with Gasteiger partial charge in [-0.3, -0.25) is 0 Å². The first kappa shape index (κ1) is 18.4. The van der Waals surface area contributed by atoms with E-state index in [4.69, 9.17) is 21.9 Å². The number of thiocarbonyl (C=S) groups is 1. The van der Waals surface area contributed by atoms with E-state index in [1.165, 1.54) is 10.3 Å². The highest BCUT2D eigenvalue weighted by Crippen LogP contribution is 2.31. The summed E-state index contributed by atoms with van der Waals surface area (Å²) in [4.78, 5) is 4.73. The Bertz CT molecular complexity index is 1140. The molecule has 0 aliphatic rings. The summed E-state index contributed by atoms with van der Waals surface area (Å²) in [7, 11) is 1.64. The zero-order valence-corrected chi connectivity index (χ0v) is 17.2. The van der Waals surface area contributed by atoms with Gasteiger partial charge in [0.1, 0.15) is 10.8 Å². The van der Waals surface area contributed by atoms with Crippen molar-refractivity contribution in [1.29, 1.82) is 0 Å². The standard InChI is InChI=1S/C22H19N3OS2/c1-14-6-11-19-20(12-14)28-21(25-19)15-7-9-16(10-8-15)23-22(27)24-17-4-3-5-18(13-17)26-2/h3-13H,1-2H3,(H2,23,24,27). The summed E-state index contributed by atoms with van der Waals surface area (Å²) >= 11 is 7.11. The molecule has 140 valence electrons. The summed E-state index contributed by atoms with van der Waals surface area (Å²) in [5.41, 5.74) is 5.17. The van der Waals surface area contributed by atoms with Crippen LogP contribution in [0.4, 0.5) is 11.4 Å². The van der Waals surface area contributed by atoms with Crippen LogP contribution in [0.1, 0.15) is 5.56 Å². The van der Waals surface area contributed by atoms with Gasteiger partial charge in [0.15, 0.2) is 5.11 Å². The fourth-order valence-electron chi connectivity index (χ4n) is 2.85. The Morgan fingerprint density at radius 1 is 0.964 bits per heavy atom. The highest BCUT2D eigenvalue weighted by Gasteiger charge is 2.07. The van der Waals surface area contributed by atoms with E-state index in [0.717, 1.165) is 33.2 Å². The van der Waals surface area contributed by atoms with Gasteiger partial charge in [0, 0.05) is 23.0 Å². The van der Waals surface area contributed by atoms with Gasteiger partial charge < -0.3 is 15.4 Å². The molecule has 0 saturated heterocycles. The van der Waals surface area contributed by atoms with Gasteiger partial charge in [-0.05, 0) is 73.2 Å². The van der Waals surface area contributed by atoms with Gasteiger partial charge in [0.25, 0.3) is 0 Å². The van der Waals surface area contributed by atoms with Crippen molar-refractivity contribution in [3.63, 3.8) is 0 Å². The zero-order chi connectivity index (χ0) is 19.5. The molecule has 0 amide bonds. The first-order valence-electron chi connectivity index (χ1n) is 8.80. The highest BCUT2D eigenvalue weighted by molar-refractivity contribution is 7.80. The zero-order valence-electron chi connectivity index (χ0n) is 15.5. The largest absolute Gasteiger partial charge is 0.497 e. The maximum Gasteiger partial charge on any atom is 0.175 e. The minimum atomic E-state index is 0.525. The van der Waals surface area contributed by atoms with Crippen molar-refractivity contribution in [2.24, 2.45) is 0 Å². The summed E-state index contributed by atoms with van der Waals surface area (Å²) in [5.74, 6) is 0.781. The van der Waals surface area contributed by atoms with Crippen molar-refractivity contribution in [3.8, 4) is 16.3 Å². The third kappa shape index (κ3) is 4.13. The second-order valence-corrected chi connectivity index (χ2v) is 7.82. The fraction of sp³-hybridized carbons (Fsp3) is 0.0909. The predicted octanol–water partition coefficient (Wildman–Crippen LogP) is 6.09. The van der Waals surface area contributed by atoms with Gasteiger partial charge in [-0.2, -0.15) is 0 Å². The van der Waals surface area contributed by atoms with Crippen LogP contribution in [0.3, 0.4) is 0 Å². The van der Waals surface area contributed by atoms with Crippen LogP contribution in [0.25, 0.3) is 20.8 Å². The van der Waals surface area contributed by atoms with E-state index in [2.05, 4.69) is 47.9 Å². The lowest BCUT2D eigenvalue weighted by atomic mass is 10.2. The number of benzene rings is 3. The molecule has 3 aromatic carbocycles. The van der Waals surface area contributed by atoms with Crippen molar-refractivity contribution < 1.29 is 4.74 Å². The Kier molecular flexibility index (Phi) is 5.23. The van der Waals surface area contributed by atoms with E-state index in [1.54, 1.807) is 18.4 Å². The molecule has 0 fully saturated rings. The molecule has 0 spiro atoms. The molecule has 0 aliphatic carbocycles. The fourth-order valence-corrected chi connectivity index (χ4v) is 4.15. The summed E-state index contributed by atoms with van der Waals surface area (Å²) in [5, 5.41) is 7.91. The molecule has 4 aromatic rings. The first-order chi connectivity index (χ1) is 13.6. The van der Waals surface area contributed by atoms with Crippen molar-refractivity contribution in [1.82, 2.24) is 4.98 Å². The van der Waals surface area contributed by atoms with Gasteiger partial charge >= 0.3 is 0 Å². The van der Waals surface area contributed by atoms with Crippen LogP contribution in [-0.2, 0) is 0 Å². The first-order valence-corrected chi connectivity index (χ1v) is 10.0. The van der Waals surface area contributed by atoms with Crippen LogP contribution in [0, 0.1) is 6.92 Å². The molecular formula is C22H19N3OS2. The molecule has 0 atom stereocenters. The number of methoxy groups -OCH3 is 1. The number of hydrogen-bond acceptors (Lipinski definition) is 4. The lowest BCUT2D eigenvalue weighted by molar-refractivity contribution is 0.415. The Balaban J connectivity index is 1.45. The van der Waals surface area contributed by atoms with Crippen LogP contribution in [0.5, 0.6) is 5.75 Å². The molecule has 0 aliphatic heterocycles. The topological polar surface area (TPSA) is 46.2 Å². The summed E-state index contributed by atoms with van der Waals surface area (Å²) in [6, 6.07) is 22.1. The maximum atomic E-state index is 5.41. The Morgan fingerprint density at radius 2 is 1.75 bits per heavy atom. The number of nitrogens with zero attached hydrogens (tertiary/aromatic N) is 1. The number of rotatable bonds is 4.